The first-order valence-electron chi connectivity index (χ1n) is 7.20. The predicted molar refractivity (Wildman–Crippen MR) is 82.1 cm³/mol. The smallest absolute Gasteiger partial charge is 0.429 e. The average Bonchev–Trinajstić information content (AvgIpc) is 2.48. The van der Waals surface area contributed by atoms with Crippen LogP contribution >= 0.6 is 0 Å². The Hall–Kier alpha value is -2.78. The van der Waals surface area contributed by atoms with Crippen molar-refractivity contribution in [2.24, 2.45) is 0 Å². The lowest BCUT2D eigenvalue weighted by molar-refractivity contribution is -0.757. The molecule has 10 nitrogen and oxygen atoms in total. The SMILES string of the molecule is CC(C)(C)OC(=O)OCN1C=CC=C(C(=O)NCCO[N+](=O)[O-])C1. The highest BCUT2D eigenvalue weighted by molar-refractivity contribution is 5.94. The van der Waals surface area contributed by atoms with Crippen LogP contribution in [0, 0.1) is 10.1 Å². The molecule has 0 unspecified atom stereocenters. The summed E-state index contributed by atoms with van der Waals surface area (Å²) in [4.78, 5) is 39.1. The molecule has 1 aliphatic heterocycles. The standard InChI is InChI=1S/C14H21N3O7/c1-14(2,3)24-13(19)22-10-16-7-4-5-11(9-16)12(18)15-6-8-23-17(20)21/h4-5,7H,6,8-10H2,1-3H3,(H,15,18). The van der Waals surface area contributed by atoms with Gasteiger partial charge in [0.05, 0.1) is 6.54 Å². The fourth-order valence-corrected chi connectivity index (χ4v) is 1.65. The van der Waals surface area contributed by atoms with E-state index in [1.54, 1.807) is 44.0 Å². The first-order valence-corrected chi connectivity index (χ1v) is 7.20. The largest absolute Gasteiger partial charge is 0.510 e. The van der Waals surface area contributed by atoms with E-state index in [-0.39, 0.29) is 32.3 Å². The lowest BCUT2D eigenvalue weighted by Gasteiger charge is -2.25. The van der Waals surface area contributed by atoms with E-state index < -0.39 is 16.8 Å². The van der Waals surface area contributed by atoms with E-state index in [4.69, 9.17) is 9.47 Å². The first kappa shape index (κ1) is 19.3. The van der Waals surface area contributed by atoms with Crippen molar-refractivity contribution < 1.29 is 29.0 Å². The highest BCUT2D eigenvalue weighted by Gasteiger charge is 2.19. The van der Waals surface area contributed by atoms with E-state index in [9.17, 15) is 19.7 Å². The molecule has 0 fully saturated rings. The molecule has 1 heterocycles. The monoisotopic (exact) mass is 343 g/mol. The number of nitrogens with zero attached hydrogens (tertiary/aromatic N) is 2. The first-order chi connectivity index (χ1) is 11.2. The van der Waals surface area contributed by atoms with Gasteiger partial charge in [0.25, 0.3) is 5.09 Å². The van der Waals surface area contributed by atoms with E-state index in [0.29, 0.717) is 5.57 Å². The maximum Gasteiger partial charge on any atom is 0.510 e. The second kappa shape index (κ2) is 8.75. The molecule has 0 aromatic carbocycles. The van der Waals surface area contributed by atoms with Crippen molar-refractivity contribution >= 4 is 12.1 Å². The van der Waals surface area contributed by atoms with Gasteiger partial charge in [-0.3, -0.25) is 4.79 Å². The van der Waals surface area contributed by atoms with E-state index >= 15 is 0 Å². The van der Waals surface area contributed by atoms with Crippen molar-refractivity contribution in [1.29, 1.82) is 0 Å². The van der Waals surface area contributed by atoms with Crippen LogP contribution in [0.15, 0.2) is 23.9 Å². The van der Waals surface area contributed by atoms with E-state index in [2.05, 4.69) is 10.2 Å². The molecule has 0 saturated carbocycles. The summed E-state index contributed by atoms with van der Waals surface area (Å²) in [5, 5.41) is 11.6. The van der Waals surface area contributed by atoms with E-state index in [1.807, 2.05) is 0 Å². The molecular weight excluding hydrogens is 322 g/mol. The zero-order chi connectivity index (χ0) is 18.2. The minimum atomic E-state index is -0.926. The number of nitrogens with one attached hydrogen (secondary N) is 1. The molecule has 1 aliphatic rings. The fraction of sp³-hybridized carbons (Fsp3) is 0.571. The fourth-order valence-electron chi connectivity index (χ4n) is 1.65. The number of carbonyl (C=O) groups excluding carboxylic acids is 2. The molecule has 0 bridgehead atoms. The van der Waals surface area contributed by atoms with Crippen molar-refractivity contribution in [2.45, 2.75) is 26.4 Å². The van der Waals surface area contributed by atoms with Gasteiger partial charge < -0.3 is 24.5 Å². The summed E-state index contributed by atoms with van der Waals surface area (Å²) in [5.41, 5.74) is -0.225. The topological polar surface area (TPSA) is 120 Å². The third kappa shape index (κ3) is 8.01. The molecule has 0 aromatic rings. The van der Waals surface area contributed by atoms with Crippen molar-refractivity contribution in [3.05, 3.63) is 34.0 Å². The van der Waals surface area contributed by atoms with Crippen LogP contribution in [0.3, 0.4) is 0 Å². The number of hydrogen-bond acceptors (Lipinski definition) is 8. The molecule has 0 atom stereocenters. The Labute approximate surface area is 139 Å². The van der Waals surface area contributed by atoms with Crippen LogP contribution in [0.4, 0.5) is 4.79 Å². The lowest BCUT2D eigenvalue weighted by atomic mass is 10.2. The molecule has 0 radical (unpaired) electrons. The van der Waals surface area contributed by atoms with E-state index in [0.717, 1.165) is 0 Å². The van der Waals surface area contributed by atoms with Gasteiger partial charge in [-0.05, 0) is 26.8 Å². The van der Waals surface area contributed by atoms with Gasteiger partial charge in [0.1, 0.15) is 12.2 Å². The van der Waals surface area contributed by atoms with Gasteiger partial charge in [-0.1, -0.05) is 6.08 Å². The number of allylic oxidation sites excluding steroid dienone is 2. The Kier molecular flexibility index (Phi) is 7.02. The van der Waals surface area contributed by atoms with Crippen LogP contribution in [0.5, 0.6) is 0 Å². The molecule has 1 rings (SSSR count). The average molecular weight is 343 g/mol. The maximum atomic E-state index is 11.9. The van der Waals surface area contributed by atoms with Crippen LogP contribution in [0.1, 0.15) is 20.8 Å². The molecule has 0 spiro atoms. The van der Waals surface area contributed by atoms with Gasteiger partial charge in [-0.2, -0.15) is 0 Å². The Balaban J connectivity index is 2.34. The highest BCUT2D eigenvalue weighted by atomic mass is 16.9. The Morgan fingerprint density at radius 2 is 2.12 bits per heavy atom. The molecule has 1 N–H and O–H groups in total. The molecule has 134 valence electrons. The summed E-state index contributed by atoms with van der Waals surface area (Å²) in [6.45, 7) is 5.11. The molecule has 0 aliphatic carbocycles. The van der Waals surface area contributed by atoms with Gasteiger partial charge in [-0.15, -0.1) is 10.1 Å². The number of rotatable bonds is 7. The van der Waals surface area contributed by atoms with Crippen LogP contribution < -0.4 is 5.32 Å². The van der Waals surface area contributed by atoms with E-state index in [1.165, 1.54) is 0 Å². The molecular formula is C14H21N3O7. The number of carbonyl (C=O) groups is 2. The molecule has 1 amide bonds. The number of ether oxygens (including phenoxy) is 2. The van der Waals surface area contributed by atoms with Crippen molar-refractivity contribution in [3.63, 3.8) is 0 Å². The molecule has 0 saturated heterocycles. The third-order valence-electron chi connectivity index (χ3n) is 2.58. The summed E-state index contributed by atoms with van der Waals surface area (Å²) >= 11 is 0. The number of hydrogen-bond donors (Lipinski definition) is 1. The molecule has 0 aromatic heterocycles. The second-order valence-electron chi connectivity index (χ2n) is 5.83. The maximum absolute atomic E-state index is 11.9. The van der Waals surface area contributed by atoms with Crippen LogP contribution in [0.2, 0.25) is 0 Å². The second-order valence-corrected chi connectivity index (χ2v) is 5.83. The molecule has 10 heteroatoms. The van der Waals surface area contributed by atoms with Gasteiger partial charge in [-0.25, -0.2) is 4.79 Å². The molecule has 24 heavy (non-hydrogen) atoms. The highest BCUT2D eigenvalue weighted by Crippen LogP contribution is 2.10. The predicted octanol–water partition coefficient (Wildman–Crippen LogP) is 0.976. The van der Waals surface area contributed by atoms with Crippen LogP contribution in [-0.2, 0) is 19.1 Å². The van der Waals surface area contributed by atoms with Crippen LogP contribution in [-0.4, -0.2) is 54.1 Å². The third-order valence-corrected chi connectivity index (χ3v) is 2.58. The summed E-state index contributed by atoms with van der Waals surface area (Å²) < 4.78 is 9.98. The minimum Gasteiger partial charge on any atom is -0.429 e. The quantitative estimate of drug-likeness (QED) is 0.314. The van der Waals surface area contributed by atoms with Gasteiger partial charge in [0, 0.05) is 18.3 Å². The van der Waals surface area contributed by atoms with Crippen LogP contribution in [0.25, 0.3) is 0 Å². The summed E-state index contributed by atoms with van der Waals surface area (Å²) in [7, 11) is 0. The van der Waals surface area contributed by atoms with Crippen molar-refractivity contribution in [1.82, 2.24) is 10.2 Å². The van der Waals surface area contributed by atoms with Gasteiger partial charge in [0.2, 0.25) is 5.91 Å². The number of amides is 1. The Morgan fingerprint density at radius 1 is 1.42 bits per heavy atom. The van der Waals surface area contributed by atoms with Gasteiger partial charge in [0.15, 0.2) is 6.73 Å². The Morgan fingerprint density at radius 3 is 2.75 bits per heavy atom. The lowest BCUT2D eigenvalue weighted by Crippen LogP contribution is -2.35. The Bertz CT molecular complexity index is 537. The van der Waals surface area contributed by atoms with Crippen molar-refractivity contribution in [3.8, 4) is 0 Å². The van der Waals surface area contributed by atoms with Crippen molar-refractivity contribution in [2.75, 3.05) is 26.4 Å². The summed E-state index contributed by atoms with van der Waals surface area (Å²) in [6.07, 6.45) is 4.10. The zero-order valence-corrected chi connectivity index (χ0v) is 13.8. The minimum absolute atomic E-state index is 0.00920. The summed E-state index contributed by atoms with van der Waals surface area (Å²) in [6, 6.07) is 0. The van der Waals surface area contributed by atoms with Gasteiger partial charge >= 0.3 is 6.16 Å². The summed E-state index contributed by atoms with van der Waals surface area (Å²) in [5.74, 6) is -0.381. The zero-order valence-electron chi connectivity index (χ0n) is 13.8. The normalized spacial score (nSPS) is 13.8.